The van der Waals surface area contributed by atoms with Crippen molar-refractivity contribution >= 4 is 23.1 Å². The molecule has 0 bridgehead atoms. The third-order valence-corrected chi connectivity index (χ3v) is 1.92. The maximum absolute atomic E-state index is 5.73. The van der Waals surface area contributed by atoms with Crippen molar-refractivity contribution in [3.8, 4) is 0 Å². The molecule has 0 atom stereocenters. The molecule has 0 aromatic carbocycles. The van der Waals surface area contributed by atoms with Crippen molar-refractivity contribution in [3.63, 3.8) is 0 Å². The van der Waals surface area contributed by atoms with Crippen LogP contribution in [-0.4, -0.2) is 25.2 Å². The van der Waals surface area contributed by atoms with Crippen LogP contribution in [0, 0.1) is 0 Å². The number of nitrogens with one attached hydrogen (secondary N) is 1. The summed E-state index contributed by atoms with van der Waals surface area (Å²) in [6.07, 6.45) is 0.907. The van der Waals surface area contributed by atoms with Crippen LogP contribution in [0.3, 0.4) is 0 Å². The lowest BCUT2D eigenvalue weighted by Gasteiger charge is -2.07. The Hall–Kier alpha value is -1.00. The summed E-state index contributed by atoms with van der Waals surface area (Å²) >= 11 is 5.73. The Morgan fingerprint density at radius 2 is 2.36 bits per heavy atom. The van der Waals surface area contributed by atoms with E-state index in [1.807, 2.05) is 0 Å². The summed E-state index contributed by atoms with van der Waals surface area (Å²) < 4.78 is 4.92. The molecule has 14 heavy (non-hydrogen) atoms. The van der Waals surface area contributed by atoms with Gasteiger partial charge in [-0.05, 0) is 18.6 Å². The van der Waals surface area contributed by atoms with E-state index < -0.39 is 0 Å². The molecule has 1 aromatic rings. The van der Waals surface area contributed by atoms with Crippen LogP contribution in [0.15, 0.2) is 12.1 Å². The molecule has 1 rings (SSSR count). The molecule has 4 nitrogen and oxygen atoms in total. The normalized spacial score (nSPS) is 10.1. The molecule has 0 saturated carbocycles. The van der Waals surface area contributed by atoms with Crippen molar-refractivity contribution in [1.29, 1.82) is 0 Å². The van der Waals surface area contributed by atoms with Gasteiger partial charge in [-0.15, -0.1) is 0 Å². The third-order valence-electron chi connectivity index (χ3n) is 1.71. The van der Waals surface area contributed by atoms with E-state index in [1.165, 1.54) is 0 Å². The highest BCUT2D eigenvalue weighted by Crippen LogP contribution is 2.17. The number of aromatic nitrogens is 1. The van der Waals surface area contributed by atoms with Gasteiger partial charge in [0.2, 0.25) is 0 Å². The number of nitrogen functional groups attached to an aromatic ring is 1. The van der Waals surface area contributed by atoms with Gasteiger partial charge in [0.05, 0.1) is 5.69 Å². The minimum atomic E-state index is 0.438. The molecular formula is C9H14ClN3O. The van der Waals surface area contributed by atoms with Gasteiger partial charge < -0.3 is 15.8 Å². The van der Waals surface area contributed by atoms with Crippen molar-refractivity contribution in [2.75, 3.05) is 31.3 Å². The molecule has 0 radical (unpaired) electrons. The molecule has 0 unspecified atom stereocenters. The highest BCUT2D eigenvalue weighted by Gasteiger charge is 2.00. The first-order chi connectivity index (χ1) is 6.74. The molecule has 0 saturated heterocycles. The molecule has 3 N–H and O–H groups in total. The Morgan fingerprint density at radius 3 is 3.07 bits per heavy atom. The lowest BCUT2D eigenvalue weighted by atomic mass is 10.4. The fourth-order valence-electron chi connectivity index (χ4n) is 1.01. The summed E-state index contributed by atoms with van der Waals surface area (Å²) in [5.41, 5.74) is 6.29. The third kappa shape index (κ3) is 3.40. The number of halogens is 1. The van der Waals surface area contributed by atoms with Crippen LogP contribution in [0.5, 0.6) is 0 Å². The molecule has 78 valence electrons. The van der Waals surface area contributed by atoms with E-state index >= 15 is 0 Å². The second-order valence-electron chi connectivity index (χ2n) is 2.84. The Kier molecular flexibility index (Phi) is 4.49. The first-order valence-corrected chi connectivity index (χ1v) is 4.76. The summed E-state index contributed by atoms with van der Waals surface area (Å²) in [6, 6.07) is 3.39. The monoisotopic (exact) mass is 215 g/mol. The van der Waals surface area contributed by atoms with Gasteiger partial charge in [-0.25, -0.2) is 4.98 Å². The van der Waals surface area contributed by atoms with E-state index in [0.717, 1.165) is 13.0 Å². The molecule has 0 amide bonds. The number of rotatable bonds is 5. The summed E-state index contributed by atoms with van der Waals surface area (Å²) in [5.74, 6) is 0.633. The molecule has 5 heteroatoms. The van der Waals surface area contributed by atoms with E-state index in [2.05, 4.69) is 10.3 Å². The first kappa shape index (κ1) is 11.1. The predicted molar refractivity (Wildman–Crippen MR) is 58.6 cm³/mol. The van der Waals surface area contributed by atoms with Crippen LogP contribution in [0.4, 0.5) is 11.5 Å². The van der Waals surface area contributed by atoms with Crippen LogP contribution in [0.25, 0.3) is 0 Å². The van der Waals surface area contributed by atoms with Gasteiger partial charge in [-0.2, -0.15) is 0 Å². The zero-order valence-electron chi connectivity index (χ0n) is 8.09. The maximum Gasteiger partial charge on any atom is 0.150 e. The number of hydrogen-bond donors (Lipinski definition) is 2. The second-order valence-corrected chi connectivity index (χ2v) is 3.23. The van der Waals surface area contributed by atoms with Crippen molar-refractivity contribution < 1.29 is 4.74 Å². The average molecular weight is 216 g/mol. The van der Waals surface area contributed by atoms with Crippen molar-refractivity contribution in [2.45, 2.75) is 6.42 Å². The van der Waals surface area contributed by atoms with E-state index in [0.29, 0.717) is 23.3 Å². The molecule has 0 spiro atoms. The standard InChI is InChI=1S/C9H14ClN3O/c1-14-6-2-5-12-9-7(11)3-4-8(10)13-9/h3-4H,2,5-6,11H2,1H3,(H,12,13). The lowest BCUT2D eigenvalue weighted by molar-refractivity contribution is 0.198. The Morgan fingerprint density at radius 1 is 1.57 bits per heavy atom. The van der Waals surface area contributed by atoms with Crippen molar-refractivity contribution in [1.82, 2.24) is 4.98 Å². The number of nitrogens with zero attached hydrogens (tertiary/aromatic N) is 1. The number of nitrogens with two attached hydrogens (primary N) is 1. The van der Waals surface area contributed by atoms with E-state index in [9.17, 15) is 0 Å². The smallest absolute Gasteiger partial charge is 0.150 e. The van der Waals surface area contributed by atoms with E-state index in [1.54, 1.807) is 19.2 Å². The Balaban J connectivity index is 2.45. The van der Waals surface area contributed by atoms with Crippen molar-refractivity contribution in [2.24, 2.45) is 0 Å². The topological polar surface area (TPSA) is 60.2 Å². The Labute approximate surface area is 88.4 Å². The highest BCUT2D eigenvalue weighted by atomic mass is 35.5. The zero-order chi connectivity index (χ0) is 10.4. The fourth-order valence-corrected chi connectivity index (χ4v) is 1.16. The first-order valence-electron chi connectivity index (χ1n) is 4.39. The molecule has 0 aliphatic rings. The van der Waals surface area contributed by atoms with Gasteiger partial charge in [0.15, 0.2) is 5.82 Å². The van der Waals surface area contributed by atoms with Gasteiger partial charge in [0, 0.05) is 20.3 Å². The van der Waals surface area contributed by atoms with E-state index in [-0.39, 0.29) is 0 Å². The van der Waals surface area contributed by atoms with Crippen LogP contribution >= 0.6 is 11.6 Å². The van der Waals surface area contributed by atoms with Crippen LogP contribution in [0.1, 0.15) is 6.42 Å². The number of hydrogen-bond acceptors (Lipinski definition) is 4. The summed E-state index contributed by atoms with van der Waals surface area (Å²) in [7, 11) is 1.67. The lowest BCUT2D eigenvalue weighted by Crippen LogP contribution is -2.08. The molecule has 1 aromatic heterocycles. The zero-order valence-corrected chi connectivity index (χ0v) is 8.84. The van der Waals surface area contributed by atoms with Crippen LogP contribution < -0.4 is 11.1 Å². The summed E-state index contributed by atoms with van der Waals surface area (Å²) in [6.45, 7) is 1.48. The van der Waals surface area contributed by atoms with Crippen molar-refractivity contribution in [3.05, 3.63) is 17.3 Å². The summed E-state index contributed by atoms with van der Waals surface area (Å²) in [5, 5.41) is 3.53. The van der Waals surface area contributed by atoms with Gasteiger partial charge in [0.25, 0.3) is 0 Å². The number of methoxy groups -OCH3 is 1. The van der Waals surface area contributed by atoms with Gasteiger partial charge >= 0.3 is 0 Å². The SMILES string of the molecule is COCCCNc1nc(Cl)ccc1N. The number of pyridine rings is 1. The predicted octanol–water partition coefficient (Wildman–Crippen LogP) is 1.77. The number of ether oxygens (including phenoxy) is 1. The molecule has 1 heterocycles. The minimum Gasteiger partial charge on any atom is -0.396 e. The van der Waals surface area contributed by atoms with Gasteiger partial charge in [0.1, 0.15) is 5.15 Å². The van der Waals surface area contributed by atoms with Crippen LogP contribution in [-0.2, 0) is 4.74 Å². The van der Waals surface area contributed by atoms with Gasteiger partial charge in [-0.1, -0.05) is 11.6 Å². The minimum absolute atomic E-state index is 0.438. The largest absolute Gasteiger partial charge is 0.396 e. The number of anilines is 2. The molecule has 0 fully saturated rings. The van der Waals surface area contributed by atoms with Crippen LogP contribution in [0.2, 0.25) is 5.15 Å². The highest BCUT2D eigenvalue weighted by molar-refractivity contribution is 6.29. The fraction of sp³-hybridized carbons (Fsp3) is 0.444. The summed E-state index contributed by atoms with van der Waals surface area (Å²) in [4.78, 5) is 4.06. The Bertz CT molecular complexity index is 293. The van der Waals surface area contributed by atoms with Gasteiger partial charge in [-0.3, -0.25) is 0 Å². The molecule has 0 aliphatic heterocycles. The van der Waals surface area contributed by atoms with E-state index in [4.69, 9.17) is 22.1 Å². The average Bonchev–Trinajstić information content (AvgIpc) is 2.18. The maximum atomic E-state index is 5.73. The molecule has 0 aliphatic carbocycles. The molecular weight excluding hydrogens is 202 g/mol. The second kappa shape index (κ2) is 5.67. The quantitative estimate of drug-likeness (QED) is 0.581.